The minimum absolute atomic E-state index is 0.00703. The predicted molar refractivity (Wildman–Crippen MR) is 107 cm³/mol. The molecule has 3 aromatic rings. The lowest BCUT2D eigenvalue weighted by molar-refractivity contribution is -0.142. The third-order valence-corrected chi connectivity index (χ3v) is 3.99. The molecule has 0 atom stereocenters. The number of benzene rings is 3. The van der Waals surface area contributed by atoms with Crippen LogP contribution in [0.4, 0.5) is 5.69 Å². The van der Waals surface area contributed by atoms with Crippen molar-refractivity contribution in [2.45, 2.75) is 0 Å². The van der Waals surface area contributed by atoms with E-state index in [1.54, 1.807) is 18.2 Å². The summed E-state index contributed by atoms with van der Waals surface area (Å²) in [5.41, 5.74) is 1.28. The van der Waals surface area contributed by atoms with Gasteiger partial charge in [-0.1, -0.05) is 36.4 Å². The number of ether oxygens (including phenoxy) is 2. The van der Waals surface area contributed by atoms with Gasteiger partial charge in [0.25, 0.3) is 5.91 Å². The normalized spacial score (nSPS) is 10.8. The first-order valence-electron chi connectivity index (χ1n) is 8.55. The van der Waals surface area contributed by atoms with Crippen LogP contribution in [0.25, 0.3) is 16.8 Å². The molecule has 142 valence electrons. The molecule has 0 aliphatic heterocycles. The van der Waals surface area contributed by atoms with Crippen LogP contribution in [-0.2, 0) is 14.3 Å². The molecule has 0 aromatic heterocycles. The predicted octanol–water partition coefficient (Wildman–Crippen LogP) is 3.75. The molecular weight excluding hydrogens is 358 g/mol. The van der Waals surface area contributed by atoms with Crippen LogP contribution in [0, 0.1) is 0 Å². The fourth-order valence-electron chi connectivity index (χ4n) is 2.61. The molecule has 0 aliphatic rings. The van der Waals surface area contributed by atoms with Crippen molar-refractivity contribution in [3.8, 4) is 11.5 Å². The number of esters is 1. The molecule has 0 aliphatic carbocycles. The Labute approximate surface area is 162 Å². The maximum absolute atomic E-state index is 12.0. The number of carbonyl (C=O) groups excluding carboxylic acids is 2. The summed E-state index contributed by atoms with van der Waals surface area (Å²) in [6, 6.07) is 18.0. The highest BCUT2D eigenvalue weighted by molar-refractivity contribution is 5.96. The van der Waals surface area contributed by atoms with Crippen LogP contribution in [0.1, 0.15) is 5.56 Å². The van der Waals surface area contributed by atoms with Gasteiger partial charge in [0.15, 0.2) is 18.1 Å². The summed E-state index contributed by atoms with van der Waals surface area (Å²) < 4.78 is 9.95. The first kappa shape index (κ1) is 19.0. The second kappa shape index (κ2) is 8.73. The topological polar surface area (TPSA) is 84.9 Å². The van der Waals surface area contributed by atoms with E-state index in [4.69, 9.17) is 9.47 Å². The Morgan fingerprint density at radius 3 is 2.61 bits per heavy atom. The van der Waals surface area contributed by atoms with Crippen LogP contribution in [0.15, 0.2) is 66.7 Å². The molecule has 6 heteroatoms. The van der Waals surface area contributed by atoms with Gasteiger partial charge in [0, 0.05) is 11.8 Å². The van der Waals surface area contributed by atoms with Crippen molar-refractivity contribution < 1.29 is 24.2 Å². The van der Waals surface area contributed by atoms with E-state index in [1.807, 2.05) is 36.4 Å². The summed E-state index contributed by atoms with van der Waals surface area (Å²) in [5.74, 6) is -0.776. The Balaban J connectivity index is 1.52. The van der Waals surface area contributed by atoms with Gasteiger partial charge in [-0.25, -0.2) is 4.79 Å². The number of fused-ring (bicyclic) bond motifs is 1. The van der Waals surface area contributed by atoms with E-state index < -0.39 is 18.5 Å². The van der Waals surface area contributed by atoms with Crippen molar-refractivity contribution in [1.82, 2.24) is 0 Å². The minimum atomic E-state index is -0.652. The Hall–Kier alpha value is -3.80. The monoisotopic (exact) mass is 377 g/mol. The fourth-order valence-corrected chi connectivity index (χ4v) is 2.61. The number of anilines is 1. The summed E-state index contributed by atoms with van der Waals surface area (Å²) in [6.07, 6.45) is 2.71. The van der Waals surface area contributed by atoms with Crippen molar-refractivity contribution in [3.05, 3.63) is 72.3 Å². The first-order valence-corrected chi connectivity index (χ1v) is 8.55. The molecule has 28 heavy (non-hydrogen) atoms. The quantitative estimate of drug-likeness (QED) is 0.505. The second-order valence-electron chi connectivity index (χ2n) is 5.98. The summed E-state index contributed by atoms with van der Waals surface area (Å²) in [4.78, 5) is 23.8. The standard InChI is InChI=1S/C22H19NO5/c1-27-20-12-15(6-10-19(20)24)7-11-22(26)28-14-21(25)23-18-9-8-16-4-2-3-5-17(16)13-18/h2-13,24H,14H2,1H3,(H,23,25). The van der Waals surface area contributed by atoms with Crippen LogP contribution in [0.2, 0.25) is 0 Å². The molecule has 0 saturated carbocycles. The zero-order valence-electron chi connectivity index (χ0n) is 15.2. The Morgan fingerprint density at radius 1 is 1.04 bits per heavy atom. The van der Waals surface area contributed by atoms with Crippen molar-refractivity contribution in [2.75, 3.05) is 19.0 Å². The maximum atomic E-state index is 12.0. The van der Waals surface area contributed by atoms with E-state index in [0.29, 0.717) is 17.0 Å². The van der Waals surface area contributed by atoms with E-state index in [-0.39, 0.29) is 5.75 Å². The van der Waals surface area contributed by atoms with E-state index >= 15 is 0 Å². The maximum Gasteiger partial charge on any atom is 0.331 e. The number of phenols is 1. The number of amides is 1. The zero-order valence-corrected chi connectivity index (χ0v) is 15.2. The van der Waals surface area contributed by atoms with Crippen molar-refractivity contribution >= 4 is 34.4 Å². The molecule has 6 nitrogen and oxygen atoms in total. The largest absolute Gasteiger partial charge is 0.504 e. The molecule has 0 radical (unpaired) electrons. The average Bonchev–Trinajstić information content (AvgIpc) is 2.71. The minimum Gasteiger partial charge on any atom is -0.504 e. The van der Waals surface area contributed by atoms with Gasteiger partial charge in [0.1, 0.15) is 0 Å². The van der Waals surface area contributed by atoms with E-state index in [9.17, 15) is 14.7 Å². The SMILES string of the molecule is COc1cc(C=CC(=O)OCC(=O)Nc2ccc3ccccc3c2)ccc1O. The first-order chi connectivity index (χ1) is 13.5. The van der Waals surface area contributed by atoms with E-state index in [2.05, 4.69) is 5.32 Å². The average molecular weight is 377 g/mol. The van der Waals surface area contributed by atoms with Gasteiger partial charge in [-0.2, -0.15) is 0 Å². The van der Waals surface area contributed by atoms with Gasteiger partial charge < -0.3 is 19.9 Å². The van der Waals surface area contributed by atoms with Crippen LogP contribution in [0.5, 0.6) is 11.5 Å². The van der Waals surface area contributed by atoms with Gasteiger partial charge in [0.05, 0.1) is 7.11 Å². The summed E-state index contributed by atoms with van der Waals surface area (Å²) in [7, 11) is 1.44. The number of hydrogen-bond acceptors (Lipinski definition) is 5. The van der Waals surface area contributed by atoms with Gasteiger partial charge in [-0.3, -0.25) is 4.79 Å². The molecule has 0 bridgehead atoms. The Morgan fingerprint density at radius 2 is 1.82 bits per heavy atom. The molecule has 0 spiro atoms. The van der Waals surface area contributed by atoms with E-state index in [0.717, 1.165) is 10.8 Å². The fraction of sp³-hybridized carbons (Fsp3) is 0.0909. The molecule has 0 heterocycles. The van der Waals surface area contributed by atoms with Gasteiger partial charge in [-0.05, 0) is 46.7 Å². The highest BCUT2D eigenvalue weighted by Crippen LogP contribution is 2.26. The third-order valence-electron chi connectivity index (χ3n) is 3.99. The molecule has 0 unspecified atom stereocenters. The lowest BCUT2D eigenvalue weighted by atomic mass is 10.1. The number of rotatable bonds is 6. The molecule has 3 aromatic carbocycles. The smallest absolute Gasteiger partial charge is 0.331 e. The van der Waals surface area contributed by atoms with Crippen molar-refractivity contribution in [1.29, 1.82) is 0 Å². The number of carbonyl (C=O) groups is 2. The number of nitrogens with one attached hydrogen (secondary N) is 1. The van der Waals surface area contributed by atoms with Crippen molar-refractivity contribution in [2.24, 2.45) is 0 Å². The summed E-state index contributed by atoms with van der Waals surface area (Å²) in [5, 5.41) is 14.3. The van der Waals surface area contributed by atoms with Crippen molar-refractivity contribution in [3.63, 3.8) is 0 Å². The van der Waals surface area contributed by atoms with E-state index in [1.165, 1.54) is 25.3 Å². The van der Waals surface area contributed by atoms with Crippen LogP contribution in [0.3, 0.4) is 0 Å². The summed E-state index contributed by atoms with van der Waals surface area (Å²) >= 11 is 0. The molecule has 2 N–H and O–H groups in total. The number of phenolic OH excluding ortho intramolecular Hbond substituents is 1. The molecule has 3 rings (SSSR count). The lowest BCUT2D eigenvalue weighted by Gasteiger charge is -2.07. The Kier molecular flexibility index (Phi) is 5.91. The van der Waals surface area contributed by atoms with Gasteiger partial charge in [0.2, 0.25) is 0 Å². The van der Waals surface area contributed by atoms with Gasteiger partial charge in [-0.15, -0.1) is 0 Å². The number of hydrogen-bond donors (Lipinski definition) is 2. The van der Waals surface area contributed by atoms with Crippen LogP contribution in [-0.4, -0.2) is 30.7 Å². The summed E-state index contributed by atoms with van der Waals surface area (Å²) in [6.45, 7) is -0.394. The molecular formula is C22H19NO5. The number of methoxy groups -OCH3 is 1. The number of aromatic hydroxyl groups is 1. The molecule has 0 saturated heterocycles. The lowest BCUT2D eigenvalue weighted by Crippen LogP contribution is -2.20. The zero-order chi connectivity index (χ0) is 19.9. The van der Waals surface area contributed by atoms with Crippen LogP contribution >= 0.6 is 0 Å². The highest BCUT2D eigenvalue weighted by atomic mass is 16.5. The van der Waals surface area contributed by atoms with Gasteiger partial charge >= 0.3 is 5.97 Å². The molecule has 0 fully saturated rings. The highest BCUT2D eigenvalue weighted by Gasteiger charge is 2.07. The molecule has 1 amide bonds. The van der Waals surface area contributed by atoms with Crippen LogP contribution < -0.4 is 10.1 Å². The Bertz CT molecular complexity index is 1040. The second-order valence-corrected chi connectivity index (χ2v) is 5.98. The third kappa shape index (κ3) is 4.88.